The third-order valence-electron chi connectivity index (χ3n) is 2.29. The molecule has 0 amide bonds. The molecule has 0 aliphatic carbocycles. The molecule has 0 bridgehead atoms. The summed E-state index contributed by atoms with van der Waals surface area (Å²) in [5.74, 6) is -0.864. The first-order valence-electron chi connectivity index (χ1n) is 5.23. The topological polar surface area (TPSA) is 24.1 Å². The molecule has 2 aromatic carbocycles. The van der Waals surface area contributed by atoms with Gasteiger partial charge in [0.05, 0.1) is 0 Å². The summed E-state index contributed by atoms with van der Waals surface area (Å²) in [5, 5.41) is 0. The largest absolute Gasteiger partial charge is 0.321 e. The molecule has 0 atom stereocenters. The minimum absolute atomic E-state index is 0.207. The molecule has 17 heavy (non-hydrogen) atoms. The van der Waals surface area contributed by atoms with Crippen LogP contribution in [0, 0.1) is 11.6 Å². The molecule has 0 aliphatic heterocycles. The van der Waals surface area contributed by atoms with Gasteiger partial charge >= 0.3 is 0 Å². The molecule has 2 N–H and O–H groups in total. The van der Waals surface area contributed by atoms with Crippen LogP contribution in [-0.2, 0) is 6.54 Å². The van der Waals surface area contributed by atoms with Crippen molar-refractivity contribution in [3.8, 4) is 0 Å². The van der Waals surface area contributed by atoms with Crippen LogP contribution in [0.15, 0.2) is 48.5 Å². The molecule has 88 valence electrons. The standard InChI is InChI=1S/C13H12F2N2/c14-11-6-7-13(15)10(8-11)9-16-17-12-4-2-1-3-5-12/h1-8,16-17H,9H2. The Labute approximate surface area is 98.3 Å². The molecule has 0 heterocycles. The number of hydrazine groups is 1. The monoisotopic (exact) mass is 234 g/mol. The van der Waals surface area contributed by atoms with Gasteiger partial charge in [0.15, 0.2) is 0 Å². The van der Waals surface area contributed by atoms with E-state index in [1.54, 1.807) is 0 Å². The SMILES string of the molecule is Fc1ccc(F)c(CNNc2ccccc2)c1. The van der Waals surface area contributed by atoms with Crippen LogP contribution in [-0.4, -0.2) is 0 Å². The second kappa shape index (κ2) is 5.41. The van der Waals surface area contributed by atoms with Gasteiger partial charge in [0.25, 0.3) is 0 Å². The average Bonchev–Trinajstić information content (AvgIpc) is 2.35. The van der Waals surface area contributed by atoms with Gasteiger partial charge in [-0.2, -0.15) is 0 Å². The van der Waals surface area contributed by atoms with E-state index in [1.165, 1.54) is 6.07 Å². The molecule has 0 radical (unpaired) electrons. The number of anilines is 1. The van der Waals surface area contributed by atoms with Crippen LogP contribution >= 0.6 is 0 Å². The van der Waals surface area contributed by atoms with E-state index < -0.39 is 11.6 Å². The van der Waals surface area contributed by atoms with Crippen molar-refractivity contribution in [1.82, 2.24) is 5.43 Å². The maximum absolute atomic E-state index is 13.3. The zero-order chi connectivity index (χ0) is 12.1. The van der Waals surface area contributed by atoms with Gasteiger partial charge < -0.3 is 5.43 Å². The number of rotatable bonds is 4. The van der Waals surface area contributed by atoms with E-state index in [1.807, 2.05) is 30.3 Å². The Hall–Kier alpha value is -1.94. The summed E-state index contributed by atoms with van der Waals surface area (Å²) in [6.45, 7) is 0.207. The summed E-state index contributed by atoms with van der Waals surface area (Å²) in [6.07, 6.45) is 0. The normalized spacial score (nSPS) is 10.2. The lowest BCUT2D eigenvalue weighted by Gasteiger charge is -2.08. The third-order valence-corrected chi connectivity index (χ3v) is 2.29. The number of benzene rings is 2. The maximum atomic E-state index is 13.3. The predicted molar refractivity (Wildman–Crippen MR) is 63.3 cm³/mol. The average molecular weight is 234 g/mol. The Morgan fingerprint density at radius 3 is 2.47 bits per heavy atom. The first-order chi connectivity index (χ1) is 8.25. The molecule has 2 rings (SSSR count). The Balaban J connectivity index is 1.92. The van der Waals surface area contributed by atoms with Crippen molar-refractivity contribution in [1.29, 1.82) is 0 Å². The van der Waals surface area contributed by atoms with Crippen LogP contribution in [0.1, 0.15) is 5.56 Å². The van der Waals surface area contributed by atoms with Gasteiger partial charge in [0.1, 0.15) is 11.6 Å². The zero-order valence-electron chi connectivity index (χ0n) is 9.08. The van der Waals surface area contributed by atoms with Crippen molar-refractivity contribution in [2.24, 2.45) is 0 Å². The lowest BCUT2D eigenvalue weighted by molar-refractivity contribution is 0.577. The van der Waals surface area contributed by atoms with Crippen LogP contribution in [0.4, 0.5) is 14.5 Å². The first-order valence-corrected chi connectivity index (χ1v) is 5.23. The highest BCUT2D eigenvalue weighted by molar-refractivity contribution is 5.41. The highest BCUT2D eigenvalue weighted by Gasteiger charge is 2.02. The Bertz CT molecular complexity index is 486. The molecule has 0 saturated heterocycles. The summed E-state index contributed by atoms with van der Waals surface area (Å²) in [5.41, 5.74) is 6.88. The van der Waals surface area contributed by atoms with E-state index in [0.29, 0.717) is 0 Å². The molecule has 4 heteroatoms. The highest BCUT2D eigenvalue weighted by atomic mass is 19.1. The third kappa shape index (κ3) is 3.26. The number of hydrogen-bond acceptors (Lipinski definition) is 2. The molecule has 2 nitrogen and oxygen atoms in total. The lowest BCUT2D eigenvalue weighted by Crippen LogP contribution is -2.21. The van der Waals surface area contributed by atoms with E-state index in [2.05, 4.69) is 10.9 Å². The molecule has 0 unspecified atom stereocenters. The Kier molecular flexibility index (Phi) is 3.67. The molecule has 0 fully saturated rings. The number of nitrogens with one attached hydrogen (secondary N) is 2. The minimum atomic E-state index is -0.442. The molecule has 0 saturated carbocycles. The Morgan fingerprint density at radius 2 is 1.71 bits per heavy atom. The quantitative estimate of drug-likeness (QED) is 0.794. The van der Waals surface area contributed by atoms with Crippen LogP contribution in [0.2, 0.25) is 0 Å². The fourth-order valence-corrected chi connectivity index (χ4v) is 1.44. The van der Waals surface area contributed by atoms with Gasteiger partial charge in [-0.05, 0) is 30.3 Å². The first kappa shape index (κ1) is 11.5. The van der Waals surface area contributed by atoms with Gasteiger partial charge in [0, 0.05) is 17.8 Å². The van der Waals surface area contributed by atoms with Crippen LogP contribution in [0.5, 0.6) is 0 Å². The van der Waals surface area contributed by atoms with E-state index in [-0.39, 0.29) is 12.1 Å². The highest BCUT2D eigenvalue weighted by Crippen LogP contribution is 2.09. The van der Waals surface area contributed by atoms with Crippen molar-refractivity contribution in [2.45, 2.75) is 6.54 Å². The van der Waals surface area contributed by atoms with Gasteiger partial charge in [-0.25, -0.2) is 14.2 Å². The summed E-state index contributed by atoms with van der Waals surface area (Å²) >= 11 is 0. The van der Waals surface area contributed by atoms with Crippen LogP contribution in [0.25, 0.3) is 0 Å². The number of halogens is 2. The fourth-order valence-electron chi connectivity index (χ4n) is 1.44. The Morgan fingerprint density at radius 1 is 0.941 bits per heavy atom. The second-order valence-electron chi connectivity index (χ2n) is 3.58. The van der Waals surface area contributed by atoms with Crippen molar-refractivity contribution < 1.29 is 8.78 Å². The summed E-state index contributed by atoms with van der Waals surface area (Å²) in [4.78, 5) is 0. The van der Waals surface area contributed by atoms with Crippen molar-refractivity contribution >= 4 is 5.69 Å². The van der Waals surface area contributed by atoms with E-state index in [0.717, 1.165) is 17.8 Å². The summed E-state index contributed by atoms with van der Waals surface area (Å²) < 4.78 is 26.1. The van der Waals surface area contributed by atoms with E-state index in [4.69, 9.17) is 0 Å². The molecular weight excluding hydrogens is 222 g/mol. The number of para-hydroxylation sites is 1. The molecule has 0 aliphatic rings. The van der Waals surface area contributed by atoms with E-state index in [9.17, 15) is 8.78 Å². The maximum Gasteiger partial charge on any atom is 0.127 e. The lowest BCUT2D eigenvalue weighted by atomic mass is 10.2. The van der Waals surface area contributed by atoms with E-state index >= 15 is 0 Å². The zero-order valence-corrected chi connectivity index (χ0v) is 9.08. The van der Waals surface area contributed by atoms with Gasteiger partial charge in [0.2, 0.25) is 0 Å². The van der Waals surface area contributed by atoms with Crippen LogP contribution < -0.4 is 10.9 Å². The van der Waals surface area contributed by atoms with Gasteiger partial charge in [-0.15, -0.1) is 0 Å². The molecule has 0 aromatic heterocycles. The second-order valence-corrected chi connectivity index (χ2v) is 3.58. The summed E-state index contributed by atoms with van der Waals surface area (Å²) in [7, 11) is 0. The predicted octanol–water partition coefficient (Wildman–Crippen LogP) is 3.08. The molecular formula is C13H12F2N2. The van der Waals surface area contributed by atoms with Gasteiger partial charge in [-0.1, -0.05) is 18.2 Å². The summed E-state index contributed by atoms with van der Waals surface area (Å²) in [6, 6.07) is 12.8. The fraction of sp³-hybridized carbons (Fsp3) is 0.0769. The minimum Gasteiger partial charge on any atom is -0.321 e. The van der Waals surface area contributed by atoms with Crippen molar-refractivity contribution in [2.75, 3.05) is 5.43 Å². The number of hydrogen-bond donors (Lipinski definition) is 2. The van der Waals surface area contributed by atoms with Crippen molar-refractivity contribution in [3.05, 3.63) is 65.7 Å². The van der Waals surface area contributed by atoms with Crippen molar-refractivity contribution in [3.63, 3.8) is 0 Å². The van der Waals surface area contributed by atoms with Gasteiger partial charge in [-0.3, -0.25) is 0 Å². The molecule has 2 aromatic rings. The molecule has 0 spiro atoms. The van der Waals surface area contributed by atoms with Crippen LogP contribution in [0.3, 0.4) is 0 Å². The smallest absolute Gasteiger partial charge is 0.127 e.